The lowest BCUT2D eigenvalue weighted by atomic mass is 10.1. The van der Waals surface area contributed by atoms with E-state index in [9.17, 15) is 38.9 Å². The Balaban J connectivity index is 1.50. The molecule has 2 aliphatic rings. The summed E-state index contributed by atoms with van der Waals surface area (Å²) < 4.78 is 103. The minimum atomic E-state index is -4.68. The van der Waals surface area contributed by atoms with Crippen LogP contribution in [0.5, 0.6) is 0 Å². The van der Waals surface area contributed by atoms with Gasteiger partial charge < -0.3 is 9.97 Å². The Morgan fingerprint density at radius 3 is 1.23 bits per heavy atom. The fourth-order valence-electron chi connectivity index (χ4n) is 6.19. The zero-order valence-corrected chi connectivity index (χ0v) is 30.6. The van der Waals surface area contributed by atoms with Crippen LogP contribution in [-0.4, -0.2) is 78.8 Å². The third-order valence-corrected chi connectivity index (χ3v) is 11.8. The van der Waals surface area contributed by atoms with Crippen molar-refractivity contribution in [3.05, 3.63) is 76.4 Å². The van der Waals surface area contributed by atoms with E-state index in [-0.39, 0.29) is 67.8 Å². The molecule has 0 saturated heterocycles. The van der Waals surface area contributed by atoms with Crippen molar-refractivity contribution in [3.63, 3.8) is 0 Å². The SMILES string of the molecule is O=S(=O)(O)c1ccc2c(c1)-c1nc-2nc2[nH]c(nc3nc(nc4[nH]c(n1)c1ccc(S(=O)(=O)O)cc41)-c1ccc(I)cc1-3)c1ccc(S(=O)(=O)O)cc21. The number of nitrogens with zero attached hydrogens (tertiary/aromatic N) is 6. The van der Waals surface area contributed by atoms with Crippen LogP contribution in [0.15, 0.2) is 87.5 Å². The molecule has 0 radical (unpaired) electrons. The van der Waals surface area contributed by atoms with Gasteiger partial charge in [-0.1, -0.05) is 0 Å². The highest BCUT2D eigenvalue weighted by Crippen LogP contribution is 2.38. The summed E-state index contributed by atoms with van der Waals surface area (Å²) in [4.78, 5) is 33.2. The lowest BCUT2D eigenvalue weighted by molar-refractivity contribution is 0.481. The first-order valence-corrected chi connectivity index (χ1v) is 20.4. The Morgan fingerprint density at radius 1 is 0.415 bits per heavy atom. The number of aromatic nitrogens is 8. The van der Waals surface area contributed by atoms with E-state index in [4.69, 9.17) is 19.9 Å². The van der Waals surface area contributed by atoms with Gasteiger partial charge in [0, 0.05) is 47.4 Å². The minimum absolute atomic E-state index is 0.00264. The monoisotopic (exact) mass is 880 g/mol. The molecule has 9 rings (SSSR count). The molecule has 0 amide bonds. The van der Waals surface area contributed by atoms with Crippen molar-refractivity contribution in [2.75, 3.05) is 0 Å². The molecule has 0 fully saturated rings. The number of rotatable bonds is 3. The van der Waals surface area contributed by atoms with Crippen LogP contribution in [-0.2, 0) is 30.4 Å². The highest BCUT2D eigenvalue weighted by Gasteiger charge is 2.25. The average molecular weight is 881 g/mol. The fraction of sp³-hybridized carbons (Fsp3) is 0. The number of nitrogens with one attached hydrogen (secondary N) is 2. The van der Waals surface area contributed by atoms with Gasteiger partial charge in [0.15, 0.2) is 23.3 Å². The molecular formula is C32H17IN8O9S3. The summed E-state index contributed by atoms with van der Waals surface area (Å²) >= 11 is 2.14. The quantitative estimate of drug-likeness (QED) is 0.113. The standard InChI is InChI=1S/C32H17IN8O9S3/c33-13-1-5-17-21(9-13)29-34-25(17)36-30-23-11-15(52(45,46)47)3-7-19(23)27(38-30)40-32-24-12-16(53(48,49)50)4-8-20(24)28(41-32)39-31-22-10-14(51(42,43)44)2-6-18(22)26(35-29)37-31/h1-12H,(H,42,43,44)(H,45,46,47)(H,48,49,50)(H2,34,35,36,37,38,39,40,41). The molecule has 0 atom stereocenters. The molecule has 3 aromatic heterocycles. The van der Waals surface area contributed by atoms with Gasteiger partial charge in [-0.3, -0.25) is 13.7 Å². The molecule has 5 N–H and O–H groups in total. The van der Waals surface area contributed by atoms with Crippen molar-refractivity contribution < 1.29 is 38.9 Å². The highest BCUT2D eigenvalue weighted by atomic mass is 127. The van der Waals surface area contributed by atoms with E-state index in [1.807, 2.05) is 12.1 Å². The van der Waals surface area contributed by atoms with Crippen LogP contribution in [0.3, 0.4) is 0 Å². The molecule has 21 heteroatoms. The normalized spacial score (nSPS) is 13.0. The van der Waals surface area contributed by atoms with Gasteiger partial charge in [-0.25, -0.2) is 29.9 Å². The summed E-state index contributed by atoms with van der Waals surface area (Å²) in [6, 6.07) is 16.8. The molecule has 17 nitrogen and oxygen atoms in total. The van der Waals surface area contributed by atoms with Crippen LogP contribution in [0, 0.1) is 3.57 Å². The second kappa shape index (κ2) is 11.3. The van der Waals surface area contributed by atoms with E-state index in [1.54, 1.807) is 6.07 Å². The van der Waals surface area contributed by atoms with Gasteiger partial charge in [0.2, 0.25) is 0 Å². The largest absolute Gasteiger partial charge is 0.324 e. The maximum absolute atomic E-state index is 12.2. The van der Waals surface area contributed by atoms with Crippen molar-refractivity contribution in [2.24, 2.45) is 0 Å². The number of halogens is 1. The third-order valence-electron chi connectivity index (χ3n) is 8.60. The predicted octanol–water partition coefficient (Wildman–Crippen LogP) is 5.21. The number of fused-ring (bicyclic) bond motifs is 20. The van der Waals surface area contributed by atoms with Crippen molar-refractivity contribution in [1.82, 2.24) is 39.9 Å². The maximum Gasteiger partial charge on any atom is 0.294 e. The third kappa shape index (κ3) is 5.63. The van der Waals surface area contributed by atoms with Gasteiger partial charge in [0.25, 0.3) is 30.4 Å². The second-order valence-electron chi connectivity index (χ2n) is 11.8. The summed E-state index contributed by atoms with van der Waals surface area (Å²) in [7, 11) is -14.0. The maximum atomic E-state index is 12.2. The first-order chi connectivity index (χ1) is 25.0. The molecule has 0 saturated carbocycles. The Kier molecular flexibility index (Phi) is 7.18. The first-order valence-electron chi connectivity index (χ1n) is 15.0. The van der Waals surface area contributed by atoms with Gasteiger partial charge in [-0.05, 0) is 95.4 Å². The van der Waals surface area contributed by atoms with Gasteiger partial charge in [0.1, 0.15) is 22.6 Å². The van der Waals surface area contributed by atoms with Crippen LogP contribution in [0.1, 0.15) is 0 Å². The predicted molar refractivity (Wildman–Crippen MR) is 198 cm³/mol. The molecule has 2 aliphatic heterocycles. The van der Waals surface area contributed by atoms with Crippen LogP contribution in [0.4, 0.5) is 0 Å². The van der Waals surface area contributed by atoms with E-state index >= 15 is 0 Å². The highest BCUT2D eigenvalue weighted by molar-refractivity contribution is 14.1. The zero-order valence-electron chi connectivity index (χ0n) is 26.0. The zero-order chi connectivity index (χ0) is 37.2. The Bertz CT molecular complexity index is 3310. The summed E-state index contributed by atoms with van der Waals surface area (Å²) in [6.07, 6.45) is 0. The van der Waals surface area contributed by atoms with Crippen molar-refractivity contribution in [1.29, 1.82) is 0 Å². The second-order valence-corrected chi connectivity index (χ2v) is 17.4. The number of benzene rings is 4. The molecule has 0 aliphatic carbocycles. The minimum Gasteiger partial charge on any atom is -0.324 e. The van der Waals surface area contributed by atoms with E-state index in [0.717, 1.165) is 15.7 Å². The smallest absolute Gasteiger partial charge is 0.294 e. The first kappa shape index (κ1) is 33.5. The number of H-pyrrole nitrogens is 2. The molecule has 8 bridgehead atoms. The number of hydrogen-bond acceptors (Lipinski definition) is 12. The molecule has 5 heterocycles. The molecule has 0 unspecified atom stereocenters. The Morgan fingerprint density at radius 2 is 0.774 bits per heavy atom. The summed E-state index contributed by atoms with van der Waals surface area (Å²) in [6.45, 7) is 0. The van der Waals surface area contributed by atoms with E-state index in [1.165, 1.54) is 42.5 Å². The van der Waals surface area contributed by atoms with Crippen molar-refractivity contribution >= 4 is 97.1 Å². The van der Waals surface area contributed by atoms with E-state index in [2.05, 4.69) is 42.5 Å². The topological polar surface area (TPSA) is 272 Å². The van der Waals surface area contributed by atoms with Gasteiger partial charge >= 0.3 is 0 Å². The lowest BCUT2D eigenvalue weighted by Crippen LogP contribution is -1.98. The van der Waals surface area contributed by atoms with Gasteiger partial charge in [-0.2, -0.15) is 25.3 Å². The molecular weight excluding hydrogens is 864 g/mol. The Hall–Kier alpha value is -5.30. The molecule has 7 aromatic rings. The number of aromatic amines is 2. The Labute approximate surface area is 310 Å². The van der Waals surface area contributed by atoms with Crippen LogP contribution in [0.25, 0.3) is 89.7 Å². The van der Waals surface area contributed by atoms with E-state index in [0.29, 0.717) is 21.9 Å². The van der Waals surface area contributed by atoms with Crippen molar-refractivity contribution in [3.8, 4) is 45.6 Å². The lowest BCUT2D eigenvalue weighted by Gasteiger charge is -2.02. The molecule has 4 aromatic carbocycles. The van der Waals surface area contributed by atoms with Crippen molar-refractivity contribution in [2.45, 2.75) is 14.7 Å². The van der Waals surface area contributed by atoms with Crippen LogP contribution < -0.4 is 0 Å². The van der Waals surface area contributed by atoms with Crippen LogP contribution >= 0.6 is 22.6 Å². The van der Waals surface area contributed by atoms with Gasteiger partial charge in [-0.15, -0.1) is 0 Å². The summed E-state index contributed by atoms with van der Waals surface area (Å²) in [5.41, 5.74) is 2.07. The molecule has 264 valence electrons. The summed E-state index contributed by atoms with van der Waals surface area (Å²) in [5, 5.41) is 1.20. The van der Waals surface area contributed by atoms with Crippen LogP contribution in [0.2, 0.25) is 0 Å². The molecule has 53 heavy (non-hydrogen) atoms. The van der Waals surface area contributed by atoms with Gasteiger partial charge in [0.05, 0.1) is 14.7 Å². The van der Waals surface area contributed by atoms with E-state index < -0.39 is 45.0 Å². The number of hydrogen-bond donors (Lipinski definition) is 5. The fourth-order valence-corrected chi connectivity index (χ4v) is 8.20. The summed E-state index contributed by atoms with van der Waals surface area (Å²) in [5.74, 6) is 0.329. The average Bonchev–Trinajstić information content (AvgIpc) is 3.81. The molecule has 0 spiro atoms.